The molecule has 2 heteroatoms. The highest BCUT2D eigenvalue weighted by Gasteiger charge is 2.40. The minimum atomic E-state index is -0.219. The van der Waals surface area contributed by atoms with E-state index < -0.39 is 0 Å². The van der Waals surface area contributed by atoms with Crippen LogP contribution in [0.25, 0.3) is 106 Å². The van der Waals surface area contributed by atoms with Crippen molar-refractivity contribution in [1.29, 1.82) is 0 Å². The molecule has 10 aromatic rings. The molecule has 0 spiro atoms. The van der Waals surface area contributed by atoms with Gasteiger partial charge >= 0.3 is 0 Å². The van der Waals surface area contributed by atoms with Crippen LogP contribution in [0.5, 0.6) is 0 Å². The number of hydrogen-bond acceptors (Lipinski definition) is 0. The third-order valence-electron chi connectivity index (χ3n) is 18.1. The molecule has 0 radical (unpaired) electrons. The van der Waals surface area contributed by atoms with Gasteiger partial charge in [-0.3, -0.25) is 0 Å². The molecule has 0 N–H and O–H groups in total. The van der Waals surface area contributed by atoms with Crippen LogP contribution in [0.3, 0.4) is 0 Å². The third kappa shape index (κ3) is 6.14. The number of para-hydroxylation sites is 3. The molecule has 75 heavy (non-hydrogen) atoms. The van der Waals surface area contributed by atoms with Crippen molar-refractivity contribution in [1.82, 2.24) is 9.13 Å². The molecule has 5 aliphatic carbocycles. The van der Waals surface area contributed by atoms with Gasteiger partial charge in [-0.05, 0) is 162 Å². The van der Waals surface area contributed by atoms with Gasteiger partial charge in [0.1, 0.15) is 0 Å². The first-order valence-corrected chi connectivity index (χ1v) is 27.0. The summed E-state index contributed by atoms with van der Waals surface area (Å²) in [7, 11) is 0. The van der Waals surface area contributed by atoms with Crippen molar-refractivity contribution in [3.63, 3.8) is 0 Å². The zero-order valence-corrected chi connectivity index (χ0v) is 43.4. The fourth-order valence-electron chi connectivity index (χ4n) is 14.6. The number of fused-ring (bicyclic) bond motifs is 13. The molecule has 0 saturated carbocycles. The van der Waals surface area contributed by atoms with E-state index in [2.05, 4.69) is 257 Å². The second kappa shape index (κ2) is 16.0. The summed E-state index contributed by atoms with van der Waals surface area (Å²) < 4.78 is 4.95. The van der Waals surface area contributed by atoms with Crippen molar-refractivity contribution in [2.45, 2.75) is 64.2 Å². The van der Waals surface area contributed by atoms with Crippen molar-refractivity contribution in [3.8, 4) is 27.9 Å². The van der Waals surface area contributed by atoms with Crippen molar-refractivity contribution >= 4 is 78.6 Å². The fourth-order valence-corrected chi connectivity index (χ4v) is 14.6. The van der Waals surface area contributed by atoms with Gasteiger partial charge < -0.3 is 9.13 Å². The lowest BCUT2D eigenvalue weighted by molar-refractivity contribution is 0.647. The van der Waals surface area contributed by atoms with Crippen molar-refractivity contribution in [3.05, 3.63) is 256 Å². The molecule has 2 unspecified atom stereocenters. The molecule has 0 bridgehead atoms. The van der Waals surface area contributed by atoms with Gasteiger partial charge in [0.05, 0.1) is 22.2 Å². The highest BCUT2D eigenvalue weighted by molar-refractivity contribution is 6.10. The lowest BCUT2D eigenvalue weighted by atomic mass is 9.72. The van der Waals surface area contributed by atoms with Crippen LogP contribution in [0, 0.1) is 5.92 Å². The number of benzene rings is 8. The van der Waals surface area contributed by atoms with Crippen LogP contribution in [0.15, 0.2) is 206 Å². The molecule has 8 aromatic carbocycles. The van der Waals surface area contributed by atoms with E-state index >= 15 is 0 Å². The Bertz CT molecular complexity index is 4450. The standard InChI is InChI=1S/C73H58N2/c1-7-19-67-49(8-2)56-22-13-16-27-68(56)74(67)47-32-36-54-52-34-30-44(40-63(52)72(3,4)65(54)42-47)61-38-46-39-62(51-21-10-12-26-60(51)71(46)59-25-11-9-20-50(59)61)45-31-35-53-55-37-33-48(43-66(55)73(5,6)64(53)41-45)75-69-28-17-14-23-57(69)58-24-15-18-29-70(58)75/h7-32,34-36,38-43,51,62H,2,33,37H2,1,3-6H3/b19-7-. The van der Waals surface area contributed by atoms with Crippen LogP contribution in [-0.2, 0) is 10.8 Å². The van der Waals surface area contributed by atoms with E-state index in [-0.39, 0.29) is 22.7 Å². The molecule has 5 aliphatic rings. The molecular formula is C73H58N2. The Kier molecular flexibility index (Phi) is 9.41. The quantitative estimate of drug-likeness (QED) is 0.157. The second-order valence-corrected chi connectivity index (χ2v) is 22.7. The Morgan fingerprint density at radius 3 is 1.93 bits per heavy atom. The second-order valence-electron chi connectivity index (χ2n) is 22.7. The SMILES string of the molecule is C=Cc1c(/C=C\C)n(-c2ccc3c(c2)C(C)(C)c2cc(-c4cc5c(c6ccccc46)=C4C=CC=CC4C(c4ccc6c(c4)C(C)(C)C4=C6CCC(n6c7ccccc7c7ccccc76)=C4)C=5)ccc2-3)c2ccccc12. The summed E-state index contributed by atoms with van der Waals surface area (Å²) in [6, 6.07) is 60.1. The first-order valence-electron chi connectivity index (χ1n) is 27.0. The van der Waals surface area contributed by atoms with Crippen LogP contribution in [0.1, 0.15) is 92.5 Å². The molecule has 15 rings (SSSR count). The van der Waals surface area contributed by atoms with Gasteiger partial charge in [0.25, 0.3) is 0 Å². The molecule has 2 nitrogen and oxygen atoms in total. The highest BCUT2D eigenvalue weighted by Crippen LogP contribution is 2.54. The largest absolute Gasteiger partial charge is 0.313 e. The minimum Gasteiger partial charge on any atom is -0.313 e. The van der Waals surface area contributed by atoms with Crippen LogP contribution < -0.4 is 10.4 Å². The maximum atomic E-state index is 4.24. The van der Waals surface area contributed by atoms with Gasteiger partial charge in [-0.25, -0.2) is 0 Å². The van der Waals surface area contributed by atoms with E-state index in [1.165, 1.54) is 132 Å². The number of allylic oxidation sites excluding steroid dienone is 9. The molecule has 2 atom stereocenters. The lowest BCUT2D eigenvalue weighted by Gasteiger charge is -2.31. The predicted octanol–water partition coefficient (Wildman–Crippen LogP) is 17.4. The summed E-state index contributed by atoms with van der Waals surface area (Å²) in [6.45, 7) is 16.1. The summed E-state index contributed by atoms with van der Waals surface area (Å²) >= 11 is 0. The van der Waals surface area contributed by atoms with Gasteiger partial charge in [0, 0.05) is 55.8 Å². The summed E-state index contributed by atoms with van der Waals surface area (Å²) in [5.41, 5.74) is 24.9. The Morgan fingerprint density at radius 2 is 1.20 bits per heavy atom. The maximum absolute atomic E-state index is 4.24. The zero-order chi connectivity index (χ0) is 50.5. The highest BCUT2D eigenvalue weighted by atomic mass is 15.0. The Balaban J connectivity index is 0.830. The lowest BCUT2D eigenvalue weighted by Crippen LogP contribution is -2.36. The van der Waals surface area contributed by atoms with Gasteiger partial charge in [0.15, 0.2) is 0 Å². The van der Waals surface area contributed by atoms with Crippen molar-refractivity contribution < 1.29 is 0 Å². The first-order chi connectivity index (χ1) is 36.6. The number of nitrogens with zero attached hydrogens (tertiary/aromatic N) is 2. The number of aromatic nitrogens is 2. The van der Waals surface area contributed by atoms with Crippen LogP contribution in [-0.4, -0.2) is 9.13 Å². The summed E-state index contributed by atoms with van der Waals surface area (Å²) in [5.74, 6) is 0.413. The van der Waals surface area contributed by atoms with Crippen LogP contribution >= 0.6 is 0 Å². The van der Waals surface area contributed by atoms with E-state index in [1.807, 2.05) is 6.08 Å². The maximum Gasteiger partial charge on any atom is 0.0541 e. The van der Waals surface area contributed by atoms with Crippen molar-refractivity contribution in [2.24, 2.45) is 5.92 Å². The summed E-state index contributed by atoms with van der Waals surface area (Å²) in [5, 5.41) is 9.16. The zero-order valence-electron chi connectivity index (χ0n) is 43.4. The first kappa shape index (κ1) is 44.1. The summed E-state index contributed by atoms with van der Waals surface area (Å²) in [4.78, 5) is 0. The Labute approximate surface area is 439 Å². The molecule has 0 amide bonds. The molecule has 0 saturated heterocycles. The van der Waals surface area contributed by atoms with Gasteiger partial charge in [-0.2, -0.15) is 0 Å². The fraction of sp³-hybridized carbons (Fsp3) is 0.151. The predicted molar refractivity (Wildman–Crippen MR) is 320 cm³/mol. The van der Waals surface area contributed by atoms with Gasteiger partial charge in [-0.15, -0.1) is 0 Å². The third-order valence-corrected chi connectivity index (χ3v) is 18.1. The minimum absolute atomic E-state index is 0.139. The van der Waals surface area contributed by atoms with Crippen LogP contribution in [0.2, 0.25) is 0 Å². The van der Waals surface area contributed by atoms with Gasteiger partial charge in [-0.1, -0.05) is 192 Å². The van der Waals surface area contributed by atoms with E-state index in [0.717, 1.165) is 24.1 Å². The van der Waals surface area contributed by atoms with E-state index in [1.54, 1.807) is 0 Å². The molecule has 2 heterocycles. The number of rotatable bonds is 6. The molecule has 0 aliphatic heterocycles. The normalized spacial score (nSPS) is 18.6. The van der Waals surface area contributed by atoms with E-state index in [0.29, 0.717) is 0 Å². The van der Waals surface area contributed by atoms with E-state index in [4.69, 9.17) is 0 Å². The Morgan fingerprint density at radius 1 is 0.560 bits per heavy atom. The monoisotopic (exact) mass is 962 g/mol. The molecular weight excluding hydrogens is 905 g/mol. The number of hydrogen-bond donors (Lipinski definition) is 0. The van der Waals surface area contributed by atoms with E-state index in [9.17, 15) is 0 Å². The summed E-state index contributed by atoms with van der Waals surface area (Å²) in [6.07, 6.45) is 22.9. The smallest absolute Gasteiger partial charge is 0.0541 e. The molecule has 2 aromatic heterocycles. The average molecular weight is 963 g/mol. The van der Waals surface area contributed by atoms with Gasteiger partial charge in [0.2, 0.25) is 0 Å². The Hall–Kier alpha value is -8.46. The topological polar surface area (TPSA) is 9.86 Å². The van der Waals surface area contributed by atoms with Crippen LogP contribution in [0.4, 0.5) is 0 Å². The average Bonchev–Trinajstić information content (AvgIpc) is 4.16. The van der Waals surface area contributed by atoms with Crippen molar-refractivity contribution in [2.75, 3.05) is 0 Å². The molecule has 0 fully saturated rings. The molecule has 360 valence electrons.